The SMILES string of the molecule is COc1cc(F)cc2c(O[C@@H]3C[C@H]4C(=O)N[C@]5(C(=O)NS(=O)(=O)C6(C)CC6)CC5/C=C\CC[C@@H](C)C[C@@H](C)[C@H](NC(=O)O[C@H](C)C(F)(F)F)C(=O)N4C3)nccc12. The first-order valence-corrected chi connectivity index (χ1v) is 20.3. The van der Waals surface area contributed by atoms with Crippen LogP contribution < -0.4 is 24.8 Å². The number of sulfonamides is 1. The predicted octanol–water partition coefficient (Wildman–Crippen LogP) is 4.66. The Labute approximate surface area is 327 Å². The van der Waals surface area contributed by atoms with Crippen LogP contribution in [0.4, 0.5) is 22.4 Å². The molecule has 1 aromatic carbocycles. The number of amides is 4. The summed E-state index contributed by atoms with van der Waals surface area (Å²) in [5, 5.41) is 5.75. The third kappa shape index (κ3) is 8.77. The molecule has 1 saturated heterocycles. The fourth-order valence-electron chi connectivity index (χ4n) is 7.60. The van der Waals surface area contributed by atoms with E-state index in [0.717, 1.165) is 4.90 Å². The van der Waals surface area contributed by atoms with Crippen molar-refractivity contribution in [3.05, 3.63) is 42.4 Å². The number of nitrogens with zero attached hydrogens (tertiary/aromatic N) is 2. The fraction of sp³-hybridized carbons (Fsp3) is 0.605. The fourth-order valence-corrected chi connectivity index (χ4v) is 8.91. The molecule has 4 aliphatic rings. The van der Waals surface area contributed by atoms with Gasteiger partial charge in [-0.1, -0.05) is 26.0 Å². The maximum atomic E-state index is 14.7. The summed E-state index contributed by atoms with van der Waals surface area (Å²) in [5.74, 6) is -4.41. The van der Waals surface area contributed by atoms with E-state index in [1.165, 1.54) is 32.4 Å². The summed E-state index contributed by atoms with van der Waals surface area (Å²) < 4.78 is 98.2. The number of rotatable bonds is 8. The summed E-state index contributed by atoms with van der Waals surface area (Å²) >= 11 is 0. The number of aromatic nitrogens is 1. The van der Waals surface area contributed by atoms with Crippen LogP contribution >= 0.6 is 0 Å². The van der Waals surface area contributed by atoms with E-state index in [1.54, 1.807) is 19.1 Å². The maximum Gasteiger partial charge on any atom is 0.425 e. The van der Waals surface area contributed by atoms with Crippen LogP contribution in [0.3, 0.4) is 0 Å². The van der Waals surface area contributed by atoms with Gasteiger partial charge in [0.25, 0.3) is 5.91 Å². The van der Waals surface area contributed by atoms with Crippen molar-refractivity contribution in [2.45, 2.75) is 113 Å². The Hall–Kier alpha value is -4.68. The number of methoxy groups -OCH3 is 1. The van der Waals surface area contributed by atoms with Crippen LogP contribution in [0.25, 0.3) is 10.8 Å². The van der Waals surface area contributed by atoms with Crippen LogP contribution in [0.2, 0.25) is 0 Å². The smallest absolute Gasteiger partial charge is 0.425 e. The number of alkyl carbamates (subject to hydrolysis) is 1. The highest BCUT2D eigenvalue weighted by atomic mass is 32.2. The minimum absolute atomic E-state index is 0.0468. The molecule has 19 heteroatoms. The molecule has 14 nitrogen and oxygen atoms in total. The van der Waals surface area contributed by atoms with Crippen molar-refractivity contribution in [2.24, 2.45) is 17.8 Å². The van der Waals surface area contributed by atoms with Gasteiger partial charge >= 0.3 is 12.3 Å². The number of nitrogens with one attached hydrogen (secondary N) is 3. The van der Waals surface area contributed by atoms with Crippen molar-refractivity contribution in [1.82, 2.24) is 25.2 Å². The molecule has 2 saturated carbocycles. The normalized spacial score (nSPS) is 30.0. The number of alkyl halides is 3. The predicted molar refractivity (Wildman–Crippen MR) is 197 cm³/mol. The van der Waals surface area contributed by atoms with Crippen LogP contribution in [0.15, 0.2) is 36.5 Å². The number of carbonyl (C=O) groups is 4. The van der Waals surface area contributed by atoms with E-state index >= 15 is 0 Å². The number of allylic oxidation sites excluding steroid dienone is 1. The van der Waals surface area contributed by atoms with Crippen LogP contribution in [0.5, 0.6) is 11.6 Å². The molecular weight excluding hydrogens is 779 g/mol. The topological polar surface area (TPSA) is 182 Å². The van der Waals surface area contributed by atoms with Crippen molar-refractivity contribution in [3.63, 3.8) is 0 Å². The third-order valence-corrected chi connectivity index (χ3v) is 13.7. The van der Waals surface area contributed by atoms with Crippen LogP contribution in [-0.2, 0) is 29.1 Å². The van der Waals surface area contributed by atoms with Gasteiger partial charge in [0.05, 0.1) is 23.8 Å². The van der Waals surface area contributed by atoms with Gasteiger partial charge in [0, 0.05) is 30.0 Å². The number of hydrogen-bond acceptors (Lipinski definition) is 10. The molecule has 3 heterocycles. The molecule has 3 fully saturated rings. The largest absolute Gasteiger partial charge is 0.496 e. The van der Waals surface area contributed by atoms with Gasteiger partial charge in [-0.05, 0) is 76.3 Å². The third-order valence-electron chi connectivity index (χ3n) is 11.5. The molecule has 57 heavy (non-hydrogen) atoms. The first kappa shape index (κ1) is 41.9. The van der Waals surface area contributed by atoms with Crippen molar-refractivity contribution in [3.8, 4) is 11.6 Å². The molecule has 2 aliphatic carbocycles. The van der Waals surface area contributed by atoms with Gasteiger partial charge in [-0.2, -0.15) is 13.2 Å². The molecular formula is C38H47F4N5O9S. The summed E-state index contributed by atoms with van der Waals surface area (Å²) in [6.07, 6.45) is -2.82. The second-order valence-electron chi connectivity index (χ2n) is 16.0. The van der Waals surface area contributed by atoms with Gasteiger partial charge in [-0.25, -0.2) is 22.6 Å². The average molecular weight is 826 g/mol. The Bertz CT molecular complexity index is 2060. The lowest BCUT2D eigenvalue weighted by atomic mass is 9.88. The van der Waals surface area contributed by atoms with Crippen LogP contribution in [0.1, 0.15) is 72.6 Å². The molecule has 2 aromatic rings. The quantitative estimate of drug-likeness (QED) is 0.250. The zero-order valence-electron chi connectivity index (χ0n) is 32.2. The van der Waals surface area contributed by atoms with Gasteiger partial charge in [0.2, 0.25) is 27.7 Å². The van der Waals surface area contributed by atoms with Crippen molar-refractivity contribution >= 4 is 44.6 Å². The van der Waals surface area contributed by atoms with E-state index in [0.29, 0.717) is 44.4 Å². The monoisotopic (exact) mass is 825 g/mol. The van der Waals surface area contributed by atoms with E-state index < -0.39 is 92.2 Å². The molecule has 0 radical (unpaired) electrons. The number of ether oxygens (including phenoxy) is 3. The highest BCUT2D eigenvalue weighted by Gasteiger charge is 2.63. The number of benzene rings is 1. The highest BCUT2D eigenvalue weighted by Crippen LogP contribution is 2.48. The Morgan fingerprint density at radius 2 is 1.84 bits per heavy atom. The zero-order valence-corrected chi connectivity index (χ0v) is 33.0. The van der Waals surface area contributed by atoms with Crippen molar-refractivity contribution < 1.29 is 59.4 Å². The van der Waals surface area contributed by atoms with Gasteiger partial charge in [0.15, 0.2) is 6.10 Å². The standard InChI is InChI=1S/C38H47F4N5O9S/c1-20-8-6-7-9-23-18-37(23,34(50)46-57(52,53)36(4)11-12-36)45-31(48)28-17-25(56-32-27-15-24(39)16-29(54-5)26(27)10-13-43-32)19-47(28)33(49)30(21(2)14-20)44-35(51)55-22(3)38(40,41)42/h7,9-10,13,15-16,20-23,25,28,30H,6,8,11-12,14,17-19H2,1-5H3,(H,44,51)(H,45,48)(H,46,50)/b9-7-/t20-,21-,22-,23?,25-,28+,30+,37-/m1/s1. The second-order valence-corrected chi connectivity index (χ2v) is 18.2. The minimum atomic E-state index is -4.87. The number of pyridine rings is 1. The molecule has 6 rings (SSSR count). The molecule has 4 amide bonds. The number of fused-ring (bicyclic) bond motifs is 3. The summed E-state index contributed by atoms with van der Waals surface area (Å²) in [6, 6.07) is 1.09. The molecule has 1 unspecified atom stereocenters. The van der Waals surface area contributed by atoms with E-state index in [4.69, 9.17) is 9.47 Å². The maximum absolute atomic E-state index is 14.7. The molecule has 2 aliphatic heterocycles. The molecule has 1 aromatic heterocycles. The first-order valence-electron chi connectivity index (χ1n) is 18.9. The van der Waals surface area contributed by atoms with E-state index in [1.807, 2.05) is 13.0 Å². The van der Waals surface area contributed by atoms with Crippen LogP contribution in [-0.4, -0.2) is 96.5 Å². The number of carbonyl (C=O) groups excluding carboxylic acids is 4. The summed E-state index contributed by atoms with van der Waals surface area (Å²) in [7, 11) is -2.74. The summed E-state index contributed by atoms with van der Waals surface area (Å²) in [5.41, 5.74) is -1.68. The lowest BCUT2D eigenvalue weighted by Gasteiger charge is -2.33. The Morgan fingerprint density at radius 1 is 1.12 bits per heavy atom. The number of hydrogen-bond donors (Lipinski definition) is 3. The lowest BCUT2D eigenvalue weighted by molar-refractivity contribution is -0.197. The minimum Gasteiger partial charge on any atom is -0.496 e. The van der Waals surface area contributed by atoms with Crippen molar-refractivity contribution in [1.29, 1.82) is 0 Å². The Kier molecular flexibility index (Phi) is 11.5. The lowest BCUT2D eigenvalue weighted by Crippen LogP contribution is -2.59. The Balaban J connectivity index is 1.36. The average Bonchev–Trinajstić information content (AvgIpc) is 4.01. The highest BCUT2D eigenvalue weighted by molar-refractivity contribution is 7.91. The van der Waals surface area contributed by atoms with Gasteiger partial charge in [0.1, 0.15) is 35.3 Å². The van der Waals surface area contributed by atoms with E-state index in [2.05, 4.69) is 25.1 Å². The molecule has 8 atom stereocenters. The van der Waals surface area contributed by atoms with Crippen molar-refractivity contribution in [2.75, 3.05) is 13.7 Å². The first-order chi connectivity index (χ1) is 26.7. The summed E-state index contributed by atoms with van der Waals surface area (Å²) in [6.45, 7) is 5.43. The Morgan fingerprint density at radius 3 is 2.51 bits per heavy atom. The van der Waals surface area contributed by atoms with Gasteiger partial charge in [-0.3, -0.25) is 19.1 Å². The van der Waals surface area contributed by atoms with E-state index in [-0.39, 0.29) is 42.3 Å². The molecule has 3 N–H and O–H groups in total. The molecule has 0 spiro atoms. The molecule has 0 bridgehead atoms. The summed E-state index contributed by atoms with van der Waals surface area (Å²) in [4.78, 5) is 61.2. The zero-order chi connectivity index (χ0) is 41.7. The second kappa shape index (κ2) is 15.6. The van der Waals surface area contributed by atoms with Crippen LogP contribution in [0, 0.1) is 23.6 Å². The van der Waals surface area contributed by atoms with E-state index in [9.17, 15) is 45.2 Å². The molecule has 312 valence electrons. The van der Waals surface area contributed by atoms with Gasteiger partial charge in [-0.15, -0.1) is 0 Å². The number of halogens is 4. The van der Waals surface area contributed by atoms with Gasteiger partial charge < -0.3 is 29.7 Å².